The average Bonchev–Trinajstić information content (AvgIpc) is 2.84. The molecule has 1 aliphatic carbocycles. The monoisotopic (exact) mass is 256 g/mol. The first-order chi connectivity index (χ1) is 9.33. The topological polar surface area (TPSA) is 15.3 Å². The minimum atomic E-state index is 0.348. The van der Waals surface area contributed by atoms with Gasteiger partial charge in [-0.05, 0) is 31.4 Å². The lowest BCUT2D eigenvalue weighted by Gasteiger charge is -2.34. The Hall–Kier alpha value is -1.28. The molecule has 0 bridgehead atoms. The maximum Gasteiger partial charge on any atom is 0.0415 e. The van der Waals surface area contributed by atoms with E-state index in [-0.39, 0.29) is 0 Å². The molecule has 102 valence electrons. The highest BCUT2D eigenvalue weighted by Gasteiger charge is 2.37. The Balaban J connectivity index is 1.91. The molecule has 1 spiro atoms. The van der Waals surface area contributed by atoms with Crippen molar-refractivity contribution in [2.75, 3.05) is 18.0 Å². The minimum absolute atomic E-state index is 0.348. The van der Waals surface area contributed by atoms with Crippen molar-refractivity contribution >= 4 is 5.69 Å². The zero-order chi connectivity index (χ0) is 13.1. The molecule has 2 nitrogen and oxygen atoms in total. The molecular weight excluding hydrogens is 232 g/mol. The molecule has 1 aliphatic heterocycles. The summed E-state index contributed by atoms with van der Waals surface area (Å²) in [5.41, 5.74) is 3.20. The SMILES string of the molecule is C/C=C/CN1CC2(CCCC2)NCc2ccccc21. The van der Waals surface area contributed by atoms with Crippen LogP contribution in [0, 0.1) is 0 Å². The van der Waals surface area contributed by atoms with Crippen LogP contribution in [0.25, 0.3) is 0 Å². The molecule has 19 heavy (non-hydrogen) atoms. The van der Waals surface area contributed by atoms with Gasteiger partial charge in [0.15, 0.2) is 0 Å². The van der Waals surface area contributed by atoms with E-state index in [4.69, 9.17) is 0 Å². The number of anilines is 1. The summed E-state index contributed by atoms with van der Waals surface area (Å²) in [7, 11) is 0. The molecule has 0 aromatic heterocycles. The lowest BCUT2D eigenvalue weighted by atomic mass is 9.97. The molecule has 1 heterocycles. The number of nitrogens with zero attached hydrogens (tertiary/aromatic N) is 1. The van der Waals surface area contributed by atoms with E-state index in [1.54, 1.807) is 0 Å². The van der Waals surface area contributed by atoms with Crippen molar-refractivity contribution in [1.82, 2.24) is 5.32 Å². The van der Waals surface area contributed by atoms with Crippen LogP contribution in [0.2, 0.25) is 0 Å². The molecule has 1 N–H and O–H groups in total. The average molecular weight is 256 g/mol. The quantitative estimate of drug-likeness (QED) is 0.815. The number of hydrogen-bond donors (Lipinski definition) is 1. The van der Waals surface area contributed by atoms with E-state index < -0.39 is 0 Å². The molecule has 1 aromatic rings. The predicted octanol–water partition coefficient (Wildman–Crippen LogP) is 3.49. The van der Waals surface area contributed by atoms with E-state index in [2.05, 4.69) is 53.6 Å². The minimum Gasteiger partial charge on any atom is -0.366 e. The fourth-order valence-electron chi connectivity index (χ4n) is 3.54. The Morgan fingerprint density at radius 3 is 2.84 bits per heavy atom. The smallest absolute Gasteiger partial charge is 0.0415 e. The van der Waals surface area contributed by atoms with Gasteiger partial charge in [0, 0.05) is 30.9 Å². The number of benzene rings is 1. The maximum atomic E-state index is 3.85. The molecule has 0 radical (unpaired) electrons. The summed E-state index contributed by atoms with van der Waals surface area (Å²) >= 11 is 0. The van der Waals surface area contributed by atoms with Crippen molar-refractivity contribution < 1.29 is 0 Å². The maximum absolute atomic E-state index is 3.85. The van der Waals surface area contributed by atoms with Gasteiger partial charge in [-0.1, -0.05) is 43.2 Å². The van der Waals surface area contributed by atoms with E-state index >= 15 is 0 Å². The summed E-state index contributed by atoms with van der Waals surface area (Å²) in [6.45, 7) is 5.29. The molecule has 3 rings (SSSR count). The van der Waals surface area contributed by atoms with Crippen LogP contribution in [0.3, 0.4) is 0 Å². The summed E-state index contributed by atoms with van der Waals surface area (Å²) in [4.78, 5) is 2.56. The van der Waals surface area contributed by atoms with Gasteiger partial charge in [-0.3, -0.25) is 0 Å². The van der Waals surface area contributed by atoms with Gasteiger partial charge in [-0.25, -0.2) is 0 Å². The molecule has 1 fully saturated rings. The van der Waals surface area contributed by atoms with Crippen LogP contribution >= 0.6 is 0 Å². The number of allylic oxidation sites excluding steroid dienone is 1. The van der Waals surface area contributed by atoms with Crippen molar-refractivity contribution in [2.24, 2.45) is 0 Å². The number of fused-ring (bicyclic) bond motifs is 1. The lowest BCUT2D eigenvalue weighted by Crippen LogP contribution is -2.49. The molecule has 1 saturated carbocycles. The Labute approximate surface area is 116 Å². The summed E-state index contributed by atoms with van der Waals surface area (Å²) in [6, 6.07) is 8.85. The van der Waals surface area contributed by atoms with Gasteiger partial charge in [0.1, 0.15) is 0 Å². The zero-order valence-corrected chi connectivity index (χ0v) is 11.9. The van der Waals surface area contributed by atoms with Crippen LogP contribution in [-0.4, -0.2) is 18.6 Å². The first-order valence-corrected chi connectivity index (χ1v) is 7.52. The molecule has 0 amide bonds. The molecule has 2 heteroatoms. The fraction of sp³-hybridized carbons (Fsp3) is 0.529. The van der Waals surface area contributed by atoms with Crippen molar-refractivity contribution in [2.45, 2.75) is 44.7 Å². The van der Waals surface area contributed by atoms with E-state index in [1.165, 1.54) is 36.9 Å². The Morgan fingerprint density at radius 1 is 1.26 bits per heavy atom. The third-order valence-electron chi connectivity index (χ3n) is 4.60. The summed E-state index contributed by atoms with van der Waals surface area (Å²) in [5.74, 6) is 0. The van der Waals surface area contributed by atoms with Crippen molar-refractivity contribution in [3.8, 4) is 0 Å². The van der Waals surface area contributed by atoms with Gasteiger partial charge in [0.2, 0.25) is 0 Å². The Morgan fingerprint density at radius 2 is 2.05 bits per heavy atom. The van der Waals surface area contributed by atoms with Gasteiger partial charge in [0.05, 0.1) is 0 Å². The van der Waals surface area contributed by atoms with Gasteiger partial charge in [0.25, 0.3) is 0 Å². The number of hydrogen-bond acceptors (Lipinski definition) is 2. The second kappa shape index (κ2) is 5.38. The highest BCUT2D eigenvalue weighted by molar-refractivity contribution is 5.55. The second-order valence-corrected chi connectivity index (χ2v) is 5.92. The van der Waals surface area contributed by atoms with E-state index in [1.807, 2.05) is 0 Å². The van der Waals surface area contributed by atoms with Crippen LogP contribution in [0.15, 0.2) is 36.4 Å². The van der Waals surface area contributed by atoms with E-state index in [0.29, 0.717) is 5.54 Å². The molecule has 1 aromatic carbocycles. The van der Waals surface area contributed by atoms with Gasteiger partial charge in [-0.2, -0.15) is 0 Å². The van der Waals surface area contributed by atoms with Crippen LogP contribution in [-0.2, 0) is 6.54 Å². The van der Waals surface area contributed by atoms with Gasteiger partial charge < -0.3 is 10.2 Å². The van der Waals surface area contributed by atoms with E-state index in [9.17, 15) is 0 Å². The van der Waals surface area contributed by atoms with Crippen molar-refractivity contribution in [3.63, 3.8) is 0 Å². The largest absolute Gasteiger partial charge is 0.366 e. The van der Waals surface area contributed by atoms with E-state index in [0.717, 1.165) is 19.6 Å². The highest BCUT2D eigenvalue weighted by atomic mass is 15.2. The first-order valence-electron chi connectivity index (χ1n) is 7.52. The summed E-state index contributed by atoms with van der Waals surface area (Å²) in [5, 5.41) is 3.85. The van der Waals surface area contributed by atoms with Crippen LogP contribution in [0.4, 0.5) is 5.69 Å². The predicted molar refractivity (Wildman–Crippen MR) is 81.5 cm³/mol. The van der Waals surface area contributed by atoms with Crippen LogP contribution in [0.1, 0.15) is 38.2 Å². The van der Waals surface area contributed by atoms with Crippen LogP contribution < -0.4 is 10.2 Å². The third kappa shape index (κ3) is 2.55. The van der Waals surface area contributed by atoms with Gasteiger partial charge >= 0.3 is 0 Å². The highest BCUT2D eigenvalue weighted by Crippen LogP contribution is 2.35. The zero-order valence-electron chi connectivity index (χ0n) is 11.9. The lowest BCUT2D eigenvalue weighted by molar-refractivity contribution is 0.340. The molecule has 0 saturated heterocycles. The van der Waals surface area contributed by atoms with Crippen LogP contribution in [0.5, 0.6) is 0 Å². The molecule has 0 unspecified atom stereocenters. The summed E-state index contributed by atoms with van der Waals surface area (Å²) < 4.78 is 0. The number of rotatable bonds is 2. The normalized spacial score (nSPS) is 21.8. The molecule has 2 aliphatic rings. The Kier molecular flexibility index (Phi) is 3.61. The molecular formula is C17H24N2. The number of nitrogens with one attached hydrogen (secondary N) is 1. The van der Waals surface area contributed by atoms with Crippen molar-refractivity contribution in [3.05, 3.63) is 42.0 Å². The molecule has 0 atom stereocenters. The number of para-hydroxylation sites is 1. The fourth-order valence-corrected chi connectivity index (χ4v) is 3.54. The first kappa shape index (κ1) is 12.7. The third-order valence-corrected chi connectivity index (χ3v) is 4.60. The summed E-state index contributed by atoms with van der Waals surface area (Å²) in [6.07, 6.45) is 9.83. The van der Waals surface area contributed by atoms with Gasteiger partial charge in [-0.15, -0.1) is 0 Å². The standard InChI is InChI=1S/C17H24N2/c1-2-3-12-19-14-17(10-6-7-11-17)18-13-15-8-4-5-9-16(15)19/h2-5,8-9,18H,6-7,10-14H2,1H3/b3-2+. The Bertz CT molecular complexity index is 458. The second-order valence-electron chi connectivity index (χ2n) is 5.92. The van der Waals surface area contributed by atoms with Crippen molar-refractivity contribution in [1.29, 1.82) is 0 Å².